The molecule has 1 aliphatic rings. The number of aromatic nitrogens is 1. The van der Waals surface area contributed by atoms with Gasteiger partial charge in [-0.3, -0.25) is 4.99 Å². The number of aliphatic imine (C=N–C) groups is 1. The lowest BCUT2D eigenvalue weighted by molar-refractivity contribution is 0.993. The molecule has 0 amide bonds. The zero-order chi connectivity index (χ0) is 16.4. The largest absolute Gasteiger partial charge is 0.383 e. The minimum Gasteiger partial charge on any atom is -0.383 e. The van der Waals surface area contributed by atoms with Crippen molar-refractivity contribution in [2.24, 2.45) is 4.99 Å². The van der Waals surface area contributed by atoms with Crippen LogP contribution in [0.5, 0.6) is 0 Å². The maximum Gasteiger partial charge on any atom is 0.131 e. The van der Waals surface area contributed by atoms with E-state index in [0.29, 0.717) is 12.4 Å². The molecule has 0 bridgehead atoms. The monoisotopic (exact) mass is 305 g/mol. The Bertz CT molecular complexity index is 801. The minimum atomic E-state index is 0.582. The molecule has 0 aliphatic carbocycles. The van der Waals surface area contributed by atoms with Gasteiger partial charge in [0.05, 0.1) is 6.54 Å². The van der Waals surface area contributed by atoms with E-state index in [4.69, 9.17) is 5.73 Å². The number of rotatable bonds is 4. The van der Waals surface area contributed by atoms with E-state index in [1.165, 1.54) is 28.0 Å². The van der Waals surface area contributed by atoms with E-state index in [1.807, 2.05) is 6.20 Å². The number of allylic oxidation sites excluding steroid dienone is 1. The lowest BCUT2D eigenvalue weighted by Gasteiger charge is -2.11. The van der Waals surface area contributed by atoms with Crippen LogP contribution in [-0.2, 0) is 0 Å². The van der Waals surface area contributed by atoms with Gasteiger partial charge < -0.3 is 5.73 Å². The Hall–Kier alpha value is -2.42. The highest BCUT2D eigenvalue weighted by atomic mass is 14.8. The quantitative estimate of drug-likeness (QED) is 0.898. The Labute approximate surface area is 138 Å². The first kappa shape index (κ1) is 15.5. The number of nitrogens with two attached hydrogens (primary N) is 1. The molecule has 2 aromatic rings. The molecular weight excluding hydrogens is 282 g/mol. The third-order valence-electron chi connectivity index (χ3n) is 4.27. The van der Waals surface area contributed by atoms with Crippen LogP contribution in [0.4, 0.5) is 5.82 Å². The fourth-order valence-electron chi connectivity index (χ4n) is 2.98. The van der Waals surface area contributed by atoms with Gasteiger partial charge in [-0.1, -0.05) is 37.1 Å². The second-order valence-electron chi connectivity index (χ2n) is 6.20. The van der Waals surface area contributed by atoms with Crippen molar-refractivity contribution in [3.63, 3.8) is 0 Å². The first-order valence-electron chi connectivity index (χ1n) is 8.16. The highest BCUT2D eigenvalue weighted by Gasteiger charge is 2.15. The molecule has 0 fully saturated rings. The molecule has 2 heterocycles. The summed E-state index contributed by atoms with van der Waals surface area (Å²) in [5.41, 5.74) is 14.3. The summed E-state index contributed by atoms with van der Waals surface area (Å²) < 4.78 is 0. The Morgan fingerprint density at radius 3 is 2.74 bits per heavy atom. The third kappa shape index (κ3) is 3.19. The van der Waals surface area contributed by atoms with Gasteiger partial charge >= 0.3 is 0 Å². The number of nitrogen functional groups attached to an aromatic ring is 1. The van der Waals surface area contributed by atoms with Gasteiger partial charge in [-0.15, -0.1) is 0 Å². The van der Waals surface area contributed by atoms with Gasteiger partial charge in [0.2, 0.25) is 0 Å². The van der Waals surface area contributed by atoms with Crippen LogP contribution in [0.1, 0.15) is 36.5 Å². The molecule has 0 saturated heterocycles. The van der Waals surface area contributed by atoms with Gasteiger partial charge in [-0.25, -0.2) is 4.98 Å². The number of pyridine rings is 1. The van der Waals surface area contributed by atoms with Gasteiger partial charge in [0.25, 0.3) is 0 Å². The summed E-state index contributed by atoms with van der Waals surface area (Å²) in [4.78, 5) is 9.03. The zero-order valence-corrected chi connectivity index (χ0v) is 14.1. The van der Waals surface area contributed by atoms with Crippen molar-refractivity contribution in [3.05, 3.63) is 53.2 Å². The second kappa shape index (κ2) is 6.37. The number of hydrogen-bond donors (Lipinski definition) is 1. The maximum absolute atomic E-state index is 6.13. The van der Waals surface area contributed by atoms with Crippen molar-refractivity contribution in [1.29, 1.82) is 0 Å². The SMILES string of the molecule is CCCC1=NCC(c2cc(-c3cc(C)ccc3C)cnc2N)=C1. The van der Waals surface area contributed by atoms with Crippen LogP contribution in [0.15, 0.2) is 41.5 Å². The van der Waals surface area contributed by atoms with Crippen LogP contribution < -0.4 is 5.73 Å². The normalized spacial score (nSPS) is 13.9. The van der Waals surface area contributed by atoms with Gasteiger partial charge in [0, 0.05) is 23.0 Å². The Balaban J connectivity index is 2.01. The first-order valence-corrected chi connectivity index (χ1v) is 8.16. The molecule has 3 rings (SSSR count). The molecule has 1 aliphatic heterocycles. The average molecular weight is 305 g/mol. The lowest BCUT2D eigenvalue weighted by atomic mass is 9.96. The molecule has 118 valence electrons. The summed E-state index contributed by atoms with van der Waals surface area (Å²) in [7, 11) is 0. The summed E-state index contributed by atoms with van der Waals surface area (Å²) >= 11 is 0. The molecule has 0 unspecified atom stereocenters. The first-order chi connectivity index (χ1) is 11.1. The molecule has 0 saturated carbocycles. The van der Waals surface area contributed by atoms with Gasteiger partial charge in [0.1, 0.15) is 5.82 Å². The van der Waals surface area contributed by atoms with Gasteiger partial charge in [0.15, 0.2) is 0 Å². The molecule has 0 radical (unpaired) electrons. The van der Waals surface area contributed by atoms with Crippen molar-refractivity contribution in [2.75, 3.05) is 12.3 Å². The summed E-state index contributed by atoms with van der Waals surface area (Å²) in [5.74, 6) is 0.582. The van der Waals surface area contributed by atoms with Crippen LogP contribution in [0.2, 0.25) is 0 Å². The summed E-state index contributed by atoms with van der Waals surface area (Å²) in [6, 6.07) is 8.64. The van der Waals surface area contributed by atoms with Crippen molar-refractivity contribution >= 4 is 17.1 Å². The average Bonchev–Trinajstić information content (AvgIpc) is 2.99. The maximum atomic E-state index is 6.13. The molecule has 3 nitrogen and oxygen atoms in total. The fraction of sp³-hybridized carbons (Fsp3) is 0.300. The Morgan fingerprint density at radius 2 is 1.96 bits per heavy atom. The Kier molecular flexibility index (Phi) is 4.28. The smallest absolute Gasteiger partial charge is 0.131 e. The number of benzene rings is 1. The van der Waals surface area contributed by atoms with Crippen LogP contribution in [0.25, 0.3) is 16.7 Å². The van der Waals surface area contributed by atoms with Crippen LogP contribution in [0, 0.1) is 13.8 Å². The van der Waals surface area contributed by atoms with Crippen molar-refractivity contribution in [1.82, 2.24) is 4.98 Å². The number of hydrogen-bond acceptors (Lipinski definition) is 3. The summed E-state index contributed by atoms with van der Waals surface area (Å²) in [6.45, 7) is 7.12. The van der Waals surface area contributed by atoms with Gasteiger partial charge in [-0.05, 0) is 49.1 Å². The van der Waals surface area contributed by atoms with Crippen LogP contribution >= 0.6 is 0 Å². The summed E-state index contributed by atoms with van der Waals surface area (Å²) in [5, 5.41) is 0. The van der Waals surface area contributed by atoms with E-state index < -0.39 is 0 Å². The molecule has 3 heteroatoms. The molecule has 1 aromatic heterocycles. The molecule has 0 spiro atoms. The third-order valence-corrected chi connectivity index (χ3v) is 4.27. The number of anilines is 1. The summed E-state index contributed by atoms with van der Waals surface area (Å²) in [6.07, 6.45) is 6.17. The number of aryl methyl sites for hydroxylation is 2. The second-order valence-corrected chi connectivity index (χ2v) is 6.20. The topological polar surface area (TPSA) is 51.3 Å². The molecule has 2 N–H and O–H groups in total. The number of nitrogens with zero attached hydrogens (tertiary/aromatic N) is 2. The van der Waals surface area contributed by atoms with Gasteiger partial charge in [-0.2, -0.15) is 0 Å². The molecule has 0 atom stereocenters. The molecule has 1 aromatic carbocycles. The van der Waals surface area contributed by atoms with E-state index in [-0.39, 0.29) is 0 Å². The molecular formula is C20H23N3. The van der Waals surface area contributed by atoms with Crippen molar-refractivity contribution in [3.8, 4) is 11.1 Å². The van der Waals surface area contributed by atoms with Crippen LogP contribution in [0.3, 0.4) is 0 Å². The van der Waals surface area contributed by atoms with Crippen LogP contribution in [-0.4, -0.2) is 17.2 Å². The predicted molar refractivity (Wildman–Crippen MR) is 98.7 cm³/mol. The predicted octanol–water partition coefficient (Wildman–Crippen LogP) is 4.59. The van der Waals surface area contributed by atoms with E-state index in [1.54, 1.807) is 0 Å². The van der Waals surface area contributed by atoms with Crippen molar-refractivity contribution < 1.29 is 0 Å². The van der Waals surface area contributed by atoms with E-state index in [2.05, 4.69) is 61.1 Å². The van der Waals surface area contributed by atoms with E-state index in [9.17, 15) is 0 Å². The minimum absolute atomic E-state index is 0.582. The highest BCUT2D eigenvalue weighted by Crippen LogP contribution is 2.31. The fourth-order valence-corrected chi connectivity index (χ4v) is 2.98. The zero-order valence-electron chi connectivity index (χ0n) is 14.1. The highest BCUT2D eigenvalue weighted by molar-refractivity contribution is 6.05. The standard InChI is InChI=1S/C20H23N3/c1-4-5-17-9-15(11-22-17)19-10-16(12-23-20(19)21)18-8-13(2)6-7-14(18)3/h6-10,12H,4-5,11H2,1-3H3,(H2,21,23). The Morgan fingerprint density at radius 1 is 1.13 bits per heavy atom. The van der Waals surface area contributed by atoms with Crippen molar-refractivity contribution in [2.45, 2.75) is 33.6 Å². The van der Waals surface area contributed by atoms with E-state index in [0.717, 1.165) is 24.0 Å². The lowest BCUT2D eigenvalue weighted by Crippen LogP contribution is -1.99. The molecule has 23 heavy (non-hydrogen) atoms. The van der Waals surface area contributed by atoms with E-state index >= 15 is 0 Å².